The first-order valence-electron chi connectivity index (χ1n) is 5.89. The normalized spacial score (nSPS) is 10.3. The molecule has 2 rings (SSSR count). The maximum absolute atomic E-state index is 6.08. The minimum atomic E-state index is 0.646. The van der Waals surface area contributed by atoms with E-state index in [1.165, 1.54) is 5.56 Å². The molecule has 2 N–H and O–H groups in total. The lowest BCUT2D eigenvalue weighted by molar-refractivity contribution is 0.355. The van der Waals surface area contributed by atoms with Crippen molar-refractivity contribution < 1.29 is 9.47 Å². The second-order valence-electron chi connectivity index (χ2n) is 4.25. The Balaban J connectivity index is 2.28. The lowest BCUT2D eigenvalue weighted by Gasteiger charge is -2.22. The molecule has 0 amide bonds. The summed E-state index contributed by atoms with van der Waals surface area (Å²) in [4.78, 5) is 2.10. The van der Waals surface area contributed by atoms with Crippen molar-refractivity contribution in [2.24, 2.45) is 0 Å². The van der Waals surface area contributed by atoms with Crippen molar-refractivity contribution in [2.75, 3.05) is 31.9 Å². The Kier molecular flexibility index (Phi) is 4.16. The number of hydrogen-bond acceptors (Lipinski definition) is 5. The molecule has 0 atom stereocenters. The van der Waals surface area contributed by atoms with Gasteiger partial charge in [-0.3, -0.25) is 0 Å². The van der Waals surface area contributed by atoms with Crippen molar-refractivity contribution in [1.82, 2.24) is 0 Å². The van der Waals surface area contributed by atoms with Gasteiger partial charge < -0.3 is 20.1 Å². The van der Waals surface area contributed by atoms with Gasteiger partial charge >= 0.3 is 0 Å². The summed E-state index contributed by atoms with van der Waals surface area (Å²) in [6.07, 6.45) is 0. The molecule has 5 heteroatoms. The molecule has 1 heterocycles. The smallest absolute Gasteiger partial charge is 0.162 e. The van der Waals surface area contributed by atoms with Crippen LogP contribution in [0.4, 0.5) is 11.4 Å². The van der Waals surface area contributed by atoms with E-state index in [0.29, 0.717) is 17.2 Å². The van der Waals surface area contributed by atoms with Crippen LogP contribution in [0, 0.1) is 0 Å². The van der Waals surface area contributed by atoms with E-state index in [1.807, 2.05) is 13.1 Å². The molecule has 0 aliphatic carbocycles. The third-order valence-electron chi connectivity index (χ3n) is 2.94. The Bertz CT molecular complexity index is 541. The molecule has 0 unspecified atom stereocenters. The summed E-state index contributed by atoms with van der Waals surface area (Å²) in [6.45, 7) is 0.809. The molecule has 1 aromatic heterocycles. The van der Waals surface area contributed by atoms with Gasteiger partial charge in [-0.25, -0.2) is 0 Å². The average Bonchev–Trinajstić information content (AvgIpc) is 2.90. The van der Waals surface area contributed by atoms with E-state index in [1.54, 1.807) is 31.6 Å². The van der Waals surface area contributed by atoms with Gasteiger partial charge in [0.15, 0.2) is 11.5 Å². The first-order valence-corrected chi connectivity index (χ1v) is 6.83. The van der Waals surface area contributed by atoms with Crippen molar-refractivity contribution >= 4 is 22.7 Å². The van der Waals surface area contributed by atoms with E-state index >= 15 is 0 Å². The summed E-state index contributed by atoms with van der Waals surface area (Å²) in [5.74, 6) is 1.33. The molecular formula is C14H18N2O2S. The molecule has 102 valence electrons. The van der Waals surface area contributed by atoms with Gasteiger partial charge in [0.25, 0.3) is 0 Å². The SMILES string of the molecule is COc1cc(N)c(N(C)Cc2ccsc2)cc1OC. The van der Waals surface area contributed by atoms with Crippen molar-refractivity contribution in [3.8, 4) is 11.5 Å². The number of anilines is 2. The molecule has 0 bridgehead atoms. The number of rotatable bonds is 5. The van der Waals surface area contributed by atoms with E-state index in [9.17, 15) is 0 Å². The van der Waals surface area contributed by atoms with E-state index in [2.05, 4.69) is 21.7 Å². The van der Waals surface area contributed by atoms with Crippen LogP contribution in [0.25, 0.3) is 0 Å². The fourth-order valence-corrected chi connectivity index (χ4v) is 2.62. The summed E-state index contributed by atoms with van der Waals surface area (Å²) >= 11 is 1.69. The molecule has 4 nitrogen and oxygen atoms in total. The Hall–Kier alpha value is -1.88. The number of nitrogens with zero attached hydrogens (tertiary/aromatic N) is 1. The summed E-state index contributed by atoms with van der Waals surface area (Å²) in [6, 6.07) is 5.80. The van der Waals surface area contributed by atoms with Gasteiger partial charge in [0, 0.05) is 25.7 Å². The topological polar surface area (TPSA) is 47.7 Å². The minimum absolute atomic E-state index is 0.646. The summed E-state index contributed by atoms with van der Waals surface area (Å²) in [5.41, 5.74) is 8.95. The molecule has 0 spiro atoms. The van der Waals surface area contributed by atoms with Crippen molar-refractivity contribution in [3.63, 3.8) is 0 Å². The molecule has 0 radical (unpaired) electrons. The summed E-state index contributed by atoms with van der Waals surface area (Å²) < 4.78 is 10.5. The van der Waals surface area contributed by atoms with Gasteiger partial charge in [0.2, 0.25) is 0 Å². The van der Waals surface area contributed by atoms with Crippen molar-refractivity contribution in [1.29, 1.82) is 0 Å². The maximum atomic E-state index is 6.08. The molecule has 2 aromatic rings. The van der Waals surface area contributed by atoms with Crippen LogP contribution in [0.1, 0.15) is 5.56 Å². The van der Waals surface area contributed by atoms with Gasteiger partial charge in [-0.15, -0.1) is 0 Å². The van der Waals surface area contributed by atoms with Crippen LogP contribution in [0.2, 0.25) is 0 Å². The molecule has 0 fully saturated rings. The molecule has 0 saturated carbocycles. The molecular weight excluding hydrogens is 260 g/mol. The molecule has 0 aliphatic rings. The quantitative estimate of drug-likeness (QED) is 0.854. The summed E-state index contributed by atoms with van der Waals surface area (Å²) in [7, 11) is 5.23. The first kappa shape index (κ1) is 13.5. The fourth-order valence-electron chi connectivity index (χ4n) is 1.96. The van der Waals surface area contributed by atoms with Crippen molar-refractivity contribution in [3.05, 3.63) is 34.5 Å². The standard InChI is InChI=1S/C14H18N2O2S/c1-16(8-10-4-5-19-9-10)12-7-14(18-3)13(17-2)6-11(12)15/h4-7,9H,8,15H2,1-3H3. The van der Waals surface area contributed by atoms with E-state index < -0.39 is 0 Å². The highest BCUT2D eigenvalue weighted by molar-refractivity contribution is 7.07. The van der Waals surface area contributed by atoms with Crippen LogP contribution in [0.5, 0.6) is 11.5 Å². The second kappa shape index (κ2) is 5.84. The van der Waals surface area contributed by atoms with Crippen molar-refractivity contribution in [2.45, 2.75) is 6.54 Å². The zero-order chi connectivity index (χ0) is 13.8. The van der Waals surface area contributed by atoms with E-state index in [-0.39, 0.29) is 0 Å². The largest absolute Gasteiger partial charge is 0.493 e. The van der Waals surface area contributed by atoms with Crippen LogP contribution in [-0.2, 0) is 6.54 Å². The van der Waals surface area contributed by atoms with Crippen LogP contribution in [-0.4, -0.2) is 21.3 Å². The van der Waals surface area contributed by atoms with E-state index in [4.69, 9.17) is 15.2 Å². The number of benzene rings is 1. The number of thiophene rings is 1. The van der Waals surface area contributed by atoms with Crippen LogP contribution < -0.4 is 20.1 Å². The Labute approximate surface area is 117 Å². The van der Waals surface area contributed by atoms with Crippen LogP contribution in [0.3, 0.4) is 0 Å². The predicted molar refractivity (Wildman–Crippen MR) is 80.4 cm³/mol. The Morgan fingerprint density at radius 3 is 2.47 bits per heavy atom. The number of methoxy groups -OCH3 is 2. The molecule has 1 aromatic carbocycles. The highest BCUT2D eigenvalue weighted by Gasteiger charge is 2.12. The Morgan fingerprint density at radius 1 is 1.21 bits per heavy atom. The van der Waals surface area contributed by atoms with Crippen LogP contribution in [0.15, 0.2) is 29.0 Å². The van der Waals surface area contributed by atoms with E-state index in [0.717, 1.165) is 12.2 Å². The zero-order valence-electron chi connectivity index (χ0n) is 11.3. The van der Waals surface area contributed by atoms with Gasteiger partial charge in [-0.1, -0.05) is 0 Å². The predicted octanol–water partition coefficient (Wildman–Crippen LogP) is 2.98. The monoisotopic (exact) mass is 278 g/mol. The third kappa shape index (κ3) is 2.93. The lowest BCUT2D eigenvalue weighted by Crippen LogP contribution is -2.17. The highest BCUT2D eigenvalue weighted by atomic mass is 32.1. The lowest BCUT2D eigenvalue weighted by atomic mass is 10.2. The number of nitrogen functional groups attached to an aromatic ring is 1. The molecule has 0 aliphatic heterocycles. The first-order chi connectivity index (χ1) is 9.15. The number of ether oxygens (including phenoxy) is 2. The average molecular weight is 278 g/mol. The summed E-state index contributed by atoms with van der Waals surface area (Å²) in [5, 5.41) is 4.20. The van der Waals surface area contributed by atoms with Gasteiger partial charge in [0.05, 0.1) is 25.6 Å². The highest BCUT2D eigenvalue weighted by Crippen LogP contribution is 2.36. The van der Waals surface area contributed by atoms with Crippen LogP contribution >= 0.6 is 11.3 Å². The fraction of sp³-hybridized carbons (Fsp3) is 0.286. The zero-order valence-corrected chi connectivity index (χ0v) is 12.2. The Morgan fingerprint density at radius 2 is 1.89 bits per heavy atom. The minimum Gasteiger partial charge on any atom is -0.493 e. The van der Waals surface area contributed by atoms with Gasteiger partial charge in [-0.05, 0) is 22.4 Å². The molecule has 19 heavy (non-hydrogen) atoms. The second-order valence-corrected chi connectivity index (χ2v) is 5.03. The van der Waals surface area contributed by atoms with Gasteiger partial charge in [0.1, 0.15) is 0 Å². The molecule has 0 saturated heterocycles. The third-order valence-corrected chi connectivity index (χ3v) is 3.68. The maximum Gasteiger partial charge on any atom is 0.162 e. The number of nitrogens with two attached hydrogens (primary N) is 1. The van der Waals surface area contributed by atoms with Gasteiger partial charge in [-0.2, -0.15) is 11.3 Å². The number of hydrogen-bond donors (Lipinski definition) is 1.